The van der Waals surface area contributed by atoms with Crippen LogP contribution in [0.4, 0.5) is 5.69 Å². The molecular weight excluding hydrogens is 389 g/mol. The molecule has 3 aromatic carbocycles. The normalized spacial score (nSPS) is 10.5. The molecule has 3 aromatic rings. The third-order valence-electron chi connectivity index (χ3n) is 3.86. The van der Waals surface area contributed by atoms with Gasteiger partial charge in [-0.3, -0.25) is 4.79 Å². The predicted molar refractivity (Wildman–Crippen MR) is 106 cm³/mol. The Hall–Kier alpha value is -2.76. The van der Waals surface area contributed by atoms with Gasteiger partial charge < -0.3 is 14.8 Å². The number of benzene rings is 3. The number of ether oxygens (including phenoxy) is 2. The molecule has 27 heavy (non-hydrogen) atoms. The molecule has 0 fully saturated rings. The van der Waals surface area contributed by atoms with Crippen LogP contribution in [0.3, 0.4) is 0 Å². The van der Waals surface area contributed by atoms with E-state index in [1.165, 1.54) is 6.07 Å². The number of hydrogen-bond acceptors (Lipinski definition) is 4. The SMILES string of the molecule is COc1ccc(C(=O)OCC(=O)Nc2ccc(Cl)cc2Cl)c2ccccc12. The highest BCUT2D eigenvalue weighted by atomic mass is 35.5. The second-order valence-electron chi connectivity index (χ2n) is 5.61. The van der Waals surface area contributed by atoms with Crippen LogP contribution in [-0.2, 0) is 9.53 Å². The van der Waals surface area contributed by atoms with Crippen molar-refractivity contribution in [1.82, 2.24) is 0 Å². The first kappa shape index (κ1) is 19.0. The van der Waals surface area contributed by atoms with Crippen LogP contribution in [0.1, 0.15) is 10.4 Å². The van der Waals surface area contributed by atoms with E-state index in [9.17, 15) is 9.59 Å². The fourth-order valence-corrected chi connectivity index (χ4v) is 3.07. The van der Waals surface area contributed by atoms with Crippen molar-refractivity contribution < 1.29 is 19.1 Å². The Labute approximate surface area is 165 Å². The fraction of sp³-hybridized carbons (Fsp3) is 0.100. The first-order chi connectivity index (χ1) is 13.0. The Balaban J connectivity index is 1.71. The van der Waals surface area contributed by atoms with Crippen molar-refractivity contribution in [3.8, 4) is 5.75 Å². The van der Waals surface area contributed by atoms with Crippen molar-refractivity contribution >= 4 is 51.5 Å². The quantitative estimate of drug-likeness (QED) is 0.612. The van der Waals surface area contributed by atoms with Crippen molar-refractivity contribution in [3.05, 3.63) is 70.2 Å². The van der Waals surface area contributed by atoms with Crippen molar-refractivity contribution in [2.75, 3.05) is 19.0 Å². The monoisotopic (exact) mass is 403 g/mol. The highest BCUT2D eigenvalue weighted by Gasteiger charge is 2.16. The maximum Gasteiger partial charge on any atom is 0.339 e. The molecule has 1 N–H and O–H groups in total. The molecule has 7 heteroatoms. The Bertz CT molecular complexity index is 1020. The molecular formula is C20H15Cl2NO4. The lowest BCUT2D eigenvalue weighted by molar-refractivity contribution is -0.119. The maximum absolute atomic E-state index is 12.4. The summed E-state index contributed by atoms with van der Waals surface area (Å²) in [6, 6.07) is 15.3. The summed E-state index contributed by atoms with van der Waals surface area (Å²) in [5.41, 5.74) is 0.737. The van der Waals surface area contributed by atoms with Crippen LogP contribution >= 0.6 is 23.2 Å². The number of methoxy groups -OCH3 is 1. The fourth-order valence-electron chi connectivity index (χ4n) is 2.61. The van der Waals surface area contributed by atoms with Gasteiger partial charge >= 0.3 is 5.97 Å². The summed E-state index contributed by atoms with van der Waals surface area (Å²) < 4.78 is 10.5. The van der Waals surface area contributed by atoms with Crippen LogP contribution < -0.4 is 10.1 Å². The zero-order chi connectivity index (χ0) is 19.4. The van der Waals surface area contributed by atoms with Crippen LogP contribution in [0.2, 0.25) is 10.0 Å². The average molecular weight is 404 g/mol. The van der Waals surface area contributed by atoms with E-state index >= 15 is 0 Å². The third-order valence-corrected chi connectivity index (χ3v) is 4.41. The minimum absolute atomic E-state index is 0.295. The number of esters is 1. The van der Waals surface area contributed by atoms with Gasteiger partial charge in [0.1, 0.15) is 5.75 Å². The van der Waals surface area contributed by atoms with Gasteiger partial charge in [0.2, 0.25) is 0 Å². The van der Waals surface area contributed by atoms with E-state index in [1.807, 2.05) is 18.2 Å². The van der Waals surface area contributed by atoms with Gasteiger partial charge in [0.25, 0.3) is 5.91 Å². The van der Waals surface area contributed by atoms with Crippen LogP contribution in [-0.4, -0.2) is 25.6 Å². The van der Waals surface area contributed by atoms with Crippen molar-refractivity contribution in [3.63, 3.8) is 0 Å². The lowest BCUT2D eigenvalue weighted by Gasteiger charge is -2.11. The molecule has 0 atom stereocenters. The van der Waals surface area contributed by atoms with Gasteiger partial charge in [-0.05, 0) is 35.7 Å². The number of anilines is 1. The molecule has 0 heterocycles. The number of rotatable bonds is 5. The van der Waals surface area contributed by atoms with E-state index < -0.39 is 18.5 Å². The van der Waals surface area contributed by atoms with Crippen molar-refractivity contribution in [2.45, 2.75) is 0 Å². The molecule has 0 saturated carbocycles. The molecule has 0 aliphatic rings. The van der Waals surface area contributed by atoms with Gasteiger partial charge in [0.05, 0.1) is 23.4 Å². The summed E-state index contributed by atoms with van der Waals surface area (Å²) in [6.07, 6.45) is 0. The first-order valence-electron chi connectivity index (χ1n) is 7.97. The second kappa shape index (κ2) is 8.29. The lowest BCUT2D eigenvalue weighted by atomic mass is 10.0. The summed E-state index contributed by atoms with van der Waals surface area (Å²) in [4.78, 5) is 24.5. The minimum Gasteiger partial charge on any atom is -0.496 e. The summed E-state index contributed by atoms with van der Waals surface area (Å²) in [5.74, 6) is -0.464. The van der Waals surface area contributed by atoms with E-state index in [4.69, 9.17) is 32.7 Å². The summed E-state index contributed by atoms with van der Waals surface area (Å²) in [7, 11) is 1.56. The molecule has 0 bridgehead atoms. The van der Waals surface area contributed by atoms with E-state index in [-0.39, 0.29) is 0 Å². The average Bonchev–Trinajstić information content (AvgIpc) is 2.67. The zero-order valence-corrected chi connectivity index (χ0v) is 15.8. The molecule has 0 radical (unpaired) electrons. The maximum atomic E-state index is 12.4. The number of amides is 1. The van der Waals surface area contributed by atoms with E-state index in [0.29, 0.717) is 32.4 Å². The number of halogens is 2. The van der Waals surface area contributed by atoms with Gasteiger partial charge in [0, 0.05) is 10.4 Å². The standard InChI is InChI=1S/C20H15Cl2NO4/c1-26-18-9-7-15(13-4-2-3-5-14(13)18)20(25)27-11-19(24)23-17-8-6-12(21)10-16(17)22/h2-10H,11H2,1H3,(H,23,24). The number of carbonyl (C=O) groups is 2. The van der Waals surface area contributed by atoms with Gasteiger partial charge in [-0.1, -0.05) is 47.5 Å². The molecule has 3 rings (SSSR count). The number of nitrogens with one attached hydrogen (secondary N) is 1. The van der Waals surface area contributed by atoms with Gasteiger partial charge in [-0.25, -0.2) is 4.79 Å². The Morgan fingerprint density at radius 2 is 1.74 bits per heavy atom. The Kier molecular flexibility index (Phi) is 5.84. The second-order valence-corrected chi connectivity index (χ2v) is 6.45. The summed E-state index contributed by atoms with van der Waals surface area (Å²) in [5, 5.41) is 4.79. The highest BCUT2D eigenvalue weighted by molar-refractivity contribution is 6.36. The third kappa shape index (κ3) is 4.32. The van der Waals surface area contributed by atoms with E-state index in [1.54, 1.807) is 37.4 Å². The van der Waals surface area contributed by atoms with Gasteiger partial charge in [0.15, 0.2) is 6.61 Å². The Morgan fingerprint density at radius 1 is 1.00 bits per heavy atom. The number of hydrogen-bond donors (Lipinski definition) is 1. The molecule has 0 saturated heterocycles. The van der Waals surface area contributed by atoms with Gasteiger partial charge in [-0.2, -0.15) is 0 Å². The zero-order valence-electron chi connectivity index (χ0n) is 14.3. The van der Waals surface area contributed by atoms with Crippen LogP contribution in [0.15, 0.2) is 54.6 Å². The minimum atomic E-state index is -0.605. The molecule has 0 aromatic heterocycles. The summed E-state index contributed by atoms with van der Waals surface area (Å²) in [6.45, 7) is -0.446. The molecule has 5 nitrogen and oxygen atoms in total. The molecule has 0 spiro atoms. The molecule has 138 valence electrons. The largest absolute Gasteiger partial charge is 0.496 e. The van der Waals surface area contributed by atoms with Crippen LogP contribution in [0.5, 0.6) is 5.75 Å². The first-order valence-corrected chi connectivity index (χ1v) is 8.73. The smallest absolute Gasteiger partial charge is 0.339 e. The topological polar surface area (TPSA) is 64.6 Å². The Morgan fingerprint density at radius 3 is 2.44 bits per heavy atom. The molecule has 0 aliphatic heterocycles. The summed E-state index contributed by atoms with van der Waals surface area (Å²) >= 11 is 11.8. The number of fused-ring (bicyclic) bond motifs is 1. The predicted octanol–water partition coefficient (Wildman–Crippen LogP) is 4.95. The highest BCUT2D eigenvalue weighted by Crippen LogP contribution is 2.29. The molecule has 0 unspecified atom stereocenters. The van der Waals surface area contributed by atoms with Crippen molar-refractivity contribution in [1.29, 1.82) is 0 Å². The van der Waals surface area contributed by atoms with Crippen LogP contribution in [0, 0.1) is 0 Å². The van der Waals surface area contributed by atoms with E-state index in [2.05, 4.69) is 5.32 Å². The molecule has 1 amide bonds. The van der Waals surface area contributed by atoms with Gasteiger partial charge in [-0.15, -0.1) is 0 Å². The molecule has 0 aliphatic carbocycles. The van der Waals surface area contributed by atoms with Crippen molar-refractivity contribution in [2.24, 2.45) is 0 Å². The van der Waals surface area contributed by atoms with E-state index in [0.717, 1.165) is 5.39 Å². The number of carbonyl (C=O) groups excluding carboxylic acids is 2. The lowest BCUT2D eigenvalue weighted by Crippen LogP contribution is -2.21. The van der Waals surface area contributed by atoms with Crippen LogP contribution in [0.25, 0.3) is 10.8 Å².